The molecule has 1 amide bonds. The van der Waals surface area contributed by atoms with Gasteiger partial charge in [0.1, 0.15) is 0 Å². The molecule has 0 spiro atoms. The molecular weight excluding hydrogens is 396 g/mol. The van der Waals surface area contributed by atoms with Crippen molar-refractivity contribution in [2.75, 3.05) is 13.1 Å². The first-order valence-electron chi connectivity index (χ1n) is 10.6. The smallest absolute Gasteiger partial charge is 0.243 e. The molecule has 6 heteroatoms. The molecule has 1 unspecified atom stereocenters. The Kier molecular flexibility index (Phi) is 6.98. The average molecular weight is 429 g/mol. The van der Waals surface area contributed by atoms with Gasteiger partial charge < -0.3 is 5.32 Å². The van der Waals surface area contributed by atoms with Gasteiger partial charge in [0, 0.05) is 13.1 Å². The van der Waals surface area contributed by atoms with Gasteiger partial charge in [-0.15, -0.1) is 0 Å². The van der Waals surface area contributed by atoms with Crippen LogP contribution in [0.1, 0.15) is 57.2 Å². The number of hydrogen-bond donors (Lipinski definition) is 1. The van der Waals surface area contributed by atoms with Gasteiger partial charge in [-0.05, 0) is 41.5 Å². The van der Waals surface area contributed by atoms with Gasteiger partial charge >= 0.3 is 0 Å². The lowest BCUT2D eigenvalue weighted by atomic mass is 9.82. The van der Waals surface area contributed by atoms with Crippen LogP contribution in [0.3, 0.4) is 0 Å². The van der Waals surface area contributed by atoms with Crippen molar-refractivity contribution in [2.24, 2.45) is 5.41 Å². The lowest BCUT2D eigenvalue weighted by Crippen LogP contribution is -2.37. The molecule has 162 valence electrons. The Bertz CT molecular complexity index is 942. The number of piperidine rings is 1. The summed E-state index contributed by atoms with van der Waals surface area (Å²) < 4.78 is 27.1. The van der Waals surface area contributed by atoms with E-state index in [1.54, 1.807) is 28.6 Å². The lowest BCUT2D eigenvalue weighted by molar-refractivity contribution is -0.122. The number of benzene rings is 2. The molecule has 2 aromatic carbocycles. The summed E-state index contributed by atoms with van der Waals surface area (Å²) in [4.78, 5) is 13.0. The standard InChI is InChI=1S/C24H32N2O3S/c1-24(2,3)23(20-10-6-4-7-11-20)25-22(27)18-19-12-14-21(15-13-19)30(28,29)26-16-8-5-9-17-26/h4,6-7,10-15,23H,5,8-9,16-18H2,1-3H3,(H,25,27). The first-order valence-corrected chi connectivity index (χ1v) is 12.1. The van der Waals surface area contributed by atoms with E-state index in [1.807, 2.05) is 30.3 Å². The average Bonchev–Trinajstić information content (AvgIpc) is 2.73. The predicted octanol–water partition coefficient (Wildman–Crippen LogP) is 4.31. The normalized spacial score (nSPS) is 16.8. The number of nitrogens with one attached hydrogen (secondary N) is 1. The number of carbonyl (C=O) groups excluding carboxylic acids is 1. The lowest BCUT2D eigenvalue weighted by Gasteiger charge is -2.32. The first-order chi connectivity index (χ1) is 14.2. The largest absolute Gasteiger partial charge is 0.348 e. The van der Waals surface area contributed by atoms with E-state index in [2.05, 4.69) is 26.1 Å². The number of carbonyl (C=O) groups is 1. The topological polar surface area (TPSA) is 66.5 Å². The molecule has 1 saturated heterocycles. The van der Waals surface area contributed by atoms with Crippen LogP contribution in [-0.2, 0) is 21.2 Å². The van der Waals surface area contributed by atoms with Gasteiger partial charge in [-0.3, -0.25) is 4.79 Å². The molecule has 1 atom stereocenters. The van der Waals surface area contributed by atoms with Crippen molar-refractivity contribution >= 4 is 15.9 Å². The SMILES string of the molecule is CC(C)(C)C(NC(=O)Cc1ccc(S(=O)(=O)N2CCCCC2)cc1)c1ccccc1. The molecule has 1 heterocycles. The van der Waals surface area contributed by atoms with Gasteiger partial charge in [-0.25, -0.2) is 8.42 Å². The summed E-state index contributed by atoms with van der Waals surface area (Å²) in [6.45, 7) is 7.47. The van der Waals surface area contributed by atoms with E-state index in [1.165, 1.54) is 0 Å². The highest BCUT2D eigenvalue weighted by Crippen LogP contribution is 2.32. The second-order valence-corrected chi connectivity index (χ2v) is 11.0. The van der Waals surface area contributed by atoms with Crippen LogP contribution in [0.25, 0.3) is 0 Å². The Morgan fingerprint density at radius 1 is 0.967 bits per heavy atom. The second kappa shape index (κ2) is 9.31. The van der Waals surface area contributed by atoms with Crippen LogP contribution in [-0.4, -0.2) is 31.7 Å². The number of amides is 1. The molecule has 0 saturated carbocycles. The number of rotatable bonds is 6. The number of sulfonamides is 1. The Morgan fingerprint density at radius 2 is 1.57 bits per heavy atom. The fourth-order valence-corrected chi connectivity index (χ4v) is 5.39. The van der Waals surface area contributed by atoms with Crippen molar-refractivity contribution < 1.29 is 13.2 Å². The third-order valence-electron chi connectivity index (χ3n) is 5.55. The maximum atomic E-state index is 12.8. The van der Waals surface area contributed by atoms with Gasteiger partial charge in [0.05, 0.1) is 17.4 Å². The summed E-state index contributed by atoms with van der Waals surface area (Å²) in [6, 6.07) is 16.6. The minimum absolute atomic E-state index is 0.0783. The molecule has 30 heavy (non-hydrogen) atoms. The first kappa shape index (κ1) is 22.5. The Morgan fingerprint density at radius 3 is 2.13 bits per heavy atom. The van der Waals surface area contributed by atoms with E-state index in [0.29, 0.717) is 18.0 Å². The predicted molar refractivity (Wildman–Crippen MR) is 120 cm³/mol. The van der Waals surface area contributed by atoms with Crippen LogP contribution in [0.5, 0.6) is 0 Å². The van der Waals surface area contributed by atoms with Crippen LogP contribution in [0, 0.1) is 5.41 Å². The maximum Gasteiger partial charge on any atom is 0.243 e. The zero-order valence-corrected chi connectivity index (χ0v) is 18.9. The van der Waals surface area contributed by atoms with Crippen molar-refractivity contribution in [1.82, 2.24) is 9.62 Å². The highest BCUT2D eigenvalue weighted by molar-refractivity contribution is 7.89. The van der Waals surface area contributed by atoms with Crippen molar-refractivity contribution in [1.29, 1.82) is 0 Å². The molecule has 0 aromatic heterocycles. The van der Waals surface area contributed by atoms with Crippen molar-refractivity contribution in [3.63, 3.8) is 0 Å². The van der Waals surface area contributed by atoms with E-state index in [0.717, 1.165) is 30.4 Å². The zero-order valence-electron chi connectivity index (χ0n) is 18.1. The summed E-state index contributed by atoms with van der Waals surface area (Å²) in [7, 11) is -3.45. The monoisotopic (exact) mass is 428 g/mol. The summed E-state index contributed by atoms with van der Waals surface area (Å²) in [5, 5.41) is 3.15. The Labute approximate surface area is 180 Å². The maximum absolute atomic E-state index is 12.8. The molecule has 0 radical (unpaired) electrons. The third-order valence-corrected chi connectivity index (χ3v) is 7.46. The van der Waals surface area contributed by atoms with Gasteiger partial charge in [0.15, 0.2) is 0 Å². The Hall–Kier alpha value is -2.18. The quantitative estimate of drug-likeness (QED) is 0.746. The molecule has 1 aliphatic heterocycles. The van der Waals surface area contributed by atoms with Gasteiger partial charge in [0.25, 0.3) is 0 Å². The van der Waals surface area contributed by atoms with E-state index in [-0.39, 0.29) is 23.8 Å². The van der Waals surface area contributed by atoms with E-state index < -0.39 is 10.0 Å². The highest BCUT2D eigenvalue weighted by atomic mass is 32.2. The van der Waals surface area contributed by atoms with E-state index >= 15 is 0 Å². The van der Waals surface area contributed by atoms with Crippen LogP contribution in [0.2, 0.25) is 0 Å². The summed E-state index contributed by atoms with van der Waals surface area (Å²) >= 11 is 0. The van der Waals surface area contributed by atoms with Crippen LogP contribution in [0.15, 0.2) is 59.5 Å². The fourth-order valence-electron chi connectivity index (χ4n) is 3.88. The van der Waals surface area contributed by atoms with Gasteiger partial charge in [0.2, 0.25) is 15.9 Å². The number of hydrogen-bond acceptors (Lipinski definition) is 3. The molecule has 3 rings (SSSR count). The molecule has 2 aromatic rings. The summed E-state index contributed by atoms with van der Waals surface area (Å²) in [5.74, 6) is -0.0783. The minimum atomic E-state index is -3.45. The van der Waals surface area contributed by atoms with Gasteiger partial charge in [-0.1, -0.05) is 69.7 Å². The van der Waals surface area contributed by atoms with Crippen molar-refractivity contribution in [2.45, 2.75) is 57.4 Å². The number of nitrogens with zero attached hydrogens (tertiary/aromatic N) is 1. The summed E-state index contributed by atoms with van der Waals surface area (Å²) in [5.41, 5.74) is 1.73. The molecular formula is C24H32N2O3S. The summed E-state index contributed by atoms with van der Waals surface area (Å²) in [6.07, 6.45) is 3.11. The van der Waals surface area contributed by atoms with Crippen LogP contribution >= 0.6 is 0 Å². The molecule has 1 aliphatic rings. The molecule has 1 N–H and O–H groups in total. The molecule has 0 aliphatic carbocycles. The third kappa shape index (κ3) is 5.49. The van der Waals surface area contributed by atoms with Gasteiger partial charge in [-0.2, -0.15) is 4.31 Å². The highest BCUT2D eigenvalue weighted by Gasteiger charge is 2.28. The Balaban J connectivity index is 1.68. The second-order valence-electron chi connectivity index (χ2n) is 9.06. The molecule has 0 bridgehead atoms. The van der Waals surface area contributed by atoms with E-state index in [9.17, 15) is 13.2 Å². The molecule has 1 fully saturated rings. The van der Waals surface area contributed by atoms with Crippen molar-refractivity contribution in [3.8, 4) is 0 Å². The minimum Gasteiger partial charge on any atom is -0.348 e. The molecule has 5 nitrogen and oxygen atoms in total. The van der Waals surface area contributed by atoms with Crippen LogP contribution in [0.4, 0.5) is 0 Å². The van der Waals surface area contributed by atoms with E-state index in [4.69, 9.17) is 0 Å². The van der Waals surface area contributed by atoms with Crippen LogP contribution < -0.4 is 5.32 Å². The fraction of sp³-hybridized carbons (Fsp3) is 0.458. The van der Waals surface area contributed by atoms with Crippen molar-refractivity contribution in [3.05, 3.63) is 65.7 Å². The zero-order chi connectivity index (χ0) is 21.8.